The number of ketones is 1. The van der Waals surface area contributed by atoms with Crippen molar-refractivity contribution >= 4 is 97.1 Å². The van der Waals surface area contributed by atoms with E-state index in [9.17, 15) is 4.79 Å². The summed E-state index contributed by atoms with van der Waals surface area (Å²) in [6.07, 6.45) is -2.47. The van der Waals surface area contributed by atoms with Crippen molar-refractivity contribution < 1.29 is 23.7 Å². The Hall–Kier alpha value is -8.29. The van der Waals surface area contributed by atoms with Crippen LogP contribution in [0.1, 0.15) is 60.4 Å². The Morgan fingerprint density at radius 2 is 0.675 bits per heavy atom. The molecule has 3 aliphatic rings. The van der Waals surface area contributed by atoms with Crippen LogP contribution < -0.4 is 9.47 Å². The van der Waals surface area contributed by atoms with Crippen molar-refractivity contribution in [2.75, 3.05) is 0 Å². The maximum Gasteiger partial charge on any atom is 0.268 e. The highest BCUT2D eigenvalue weighted by molar-refractivity contribution is 6.62. The topological polar surface area (TPSA) is 54.0 Å². The van der Waals surface area contributed by atoms with Crippen LogP contribution in [-0.2, 0) is 13.8 Å². The van der Waals surface area contributed by atoms with Gasteiger partial charge in [-0.3, -0.25) is 4.79 Å². The van der Waals surface area contributed by atoms with E-state index in [0.717, 1.165) is 50.1 Å². The highest BCUT2D eigenvalue weighted by Crippen LogP contribution is 2.59. The minimum Gasteiger partial charge on any atom is -0.451 e. The van der Waals surface area contributed by atoms with E-state index in [1.54, 1.807) is 6.07 Å². The molecule has 9 heteroatoms. The smallest absolute Gasteiger partial charge is 0.268 e. The standard InChI is InChI=1S/C68H44Cl4O5/c69-61-62(73)52-42-41-51(58-53(43-25-9-1-10-26-43)55(45-29-13-3-14-30-45)63(47-33-17-5-18-34-47)76-66(58)74-49-37-21-7-22-38-49)57(60(52)68(71,72)65(61)70)59-54(44-27-11-2-12-28-44)56(46-31-15-4-16-32-46)64(48-35-19-6-20-36-48)77-67(59)75-50-39-23-8-24-40-50/h1-42,66-67H. The fraction of sp³-hybridized carbons (Fsp3) is 0.0441. The van der Waals surface area contributed by atoms with Gasteiger partial charge in [0.05, 0.1) is 5.03 Å². The van der Waals surface area contributed by atoms with Crippen molar-refractivity contribution in [3.63, 3.8) is 0 Å². The summed E-state index contributed by atoms with van der Waals surface area (Å²) in [4.78, 5) is 15.0. The van der Waals surface area contributed by atoms with E-state index < -0.39 is 22.7 Å². The molecule has 374 valence electrons. The third kappa shape index (κ3) is 9.36. The summed E-state index contributed by atoms with van der Waals surface area (Å²) in [5.41, 5.74) is 10.2. The first-order chi connectivity index (χ1) is 37.8. The molecule has 2 atom stereocenters. The van der Waals surface area contributed by atoms with Crippen molar-refractivity contribution in [3.05, 3.63) is 320 Å². The van der Waals surface area contributed by atoms with Crippen molar-refractivity contribution in [1.29, 1.82) is 0 Å². The Morgan fingerprint density at radius 3 is 1.06 bits per heavy atom. The quantitative estimate of drug-likeness (QED) is 0.114. The number of hydrogen-bond donors (Lipinski definition) is 0. The zero-order valence-corrected chi connectivity index (χ0v) is 44.0. The van der Waals surface area contributed by atoms with Gasteiger partial charge in [-0.05, 0) is 58.1 Å². The molecular weight excluding hydrogens is 1040 g/mol. The molecule has 5 nitrogen and oxygen atoms in total. The van der Waals surface area contributed by atoms with Crippen LogP contribution in [0.2, 0.25) is 0 Å². The van der Waals surface area contributed by atoms with E-state index in [2.05, 4.69) is 36.4 Å². The van der Waals surface area contributed by atoms with Gasteiger partial charge in [0, 0.05) is 61.3 Å². The minimum atomic E-state index is -2.14. The lowest BCUT2D eigenvalue weighted by molar-refractivity contribution is 0.0303. The predicted molar refractivity (Wildman–Crippen MR) is 313 cm³/mol. The third-order valence-corrected chi connectivity index (χ3v) is 15.6. The lowest BCUT2D eigenvalue weighted by Crippen LogP contribution is -2.33. The van der Waals surface area contributed by atoms with E-state index in [1.165, 1.54) is 0 Å². The lowest BCUT2D eigenvalue weighted by atomic mass is 9.74. The van der Waals surface area contributed by atoms with E-state index in [4.69, 9.17) is 65.4 Å². The fourth-order valence-corrected chi connectivity index (χ4v) is 11.5. The second kappa shape index (κ2) is 21.4. The maximum absolute atomic E-state index is 15.0. The van der Waals surface area contributed by atoms with Crippen molar-refractivity contribution in [2.45, 2.75) is 16.9 Å². The number of benzene rings is 9. The van der Waals surface area contributed by atoms with Crippen LogP contribution in [0.5, 0.6) is 11.5 Å². The van der Waals surface area contributed by atoms with Crippen molar-refractivity contribution in [2.24, 2.45) is 0 Å². The van der Waals surface area contributed by atoms with Gasteiger partial charge in [0.15, 0.2) is 4.33 Å². The molecule has 2 aliphatic heterocycles. The van der Waals surface area contributed by atoms with Gasteiger partial charge in [-0.1, -0.05) is 271 Å². The summed E-state index contributed by atoms with van der Waals surface area (Å²) in [5.74, 6) is 1.59. The number of hydrogen-bond acceptors (Lipinski definition) is 5. The van der Waals surface area contributed by atoms with Gasteiger partial charge >= 0.3 is 0 Å². The van der Waals surface area contributed by atoms with Gasteiger partial charge in [-0.2, -0.15) is 0 Å². The number of halogens is 4. The zero-order valence-electron chi connectivity index (χ0n) is 41.0. The summed E-state index contributed by atoms with van der Waals surface area (Å²) in [6, 6.07) is 82.9. The molecule has 0 saturated carbocycles. The zero-order chi connectivity index (χ0) is 52.5. The Morgan fingerprint density at radius 1 is 0.364 bits per heavy atom. The first kappa shape index (κ1) is 49.6. The molecule has 9 aromatic rings. The van der Waals surface area contributed by atoms with Gasteiger partial charge in [0.25, 0.3) is 12.6 Å². The molecule has 2 unspecified atom stereocenters. The van der Waals surface area contributed by atoms with Crippen LogP contribution in [-0.4, -0.2) is 18.4 Å². The minimum absolute atomic E-state index is 0.128. The fourth-order valence-electron chi connectivity index (χ4n) is 10.4. The molecule has 0 spiro atoms. The average molecular weight is 1080 g/mol. The Balaban J connectivity index is 1.32. The highest BCUT2D eigenvalue weighted by atomic mass is 35.5. The normalized spacial score (nSPS) is 17.2. The maximum atomic E-state index is 15.0. The van der Waals surface area contributed by atoms with Gasteiger partial charge < -0.3 is 18.9 Å². The summed E-state index contributed by atoms with van der Waals surface area (Å²) >= 11 is 29.7. The molecule has 77 heavy (non-hydrogen) atoms. The van der Waals surface area contributed by atoms with Crippen molar-refractivity contribution in [1.82, 2.24) is 0 Å². The summed E-state index contributed by atoms with van der Waals surface area (Å²) in [6.45, 7) is 0. The monoisotopic (exact) mass is 1080 g/mol. The van der Waals surface area contributed by atoms with E-state index >= 15 is 0 Å². The third-order valence-electron chi connectivity index (χ3n) is 13.7. The van der Waals surface area contributed by atoms with Crippen LogP contribution >= 0.6 is 46.4 Å². The summed E-state index contributed by atoms with van der Waals surface area (Å²) in [7, 11) is 0. The Labute approximate surface area is 466 Å². The van der Waals surface area contributed by atoms with Crippen LogP contribution in [0.25, 0.3) is 45.0 Å². The molecule has 0 bridgehead atoms. The molecule has 0 N–H and O–H groups in total. The van der Waals surface area contributed by atoms with Gasteiger partial charge in [-0.15, -0.1) is 0 Å². The van der Waals surface area contributed by atoms with Gasteiger partial charge in [-0.25, -0.2) is 0 Å². The number of fused-ring (bicyclic) bond motifs is 1. The Kier molecular flexibility index (Phi) is 13.8. The van der Waals surface area contributed by atoms with Crippen LogP contribution in [0.4, 0.5) is 0 Å². The van der Waals surface area contributed by atoms with Crippen LogP contribution in [0.15, 0.2) is 265 Å². The second-order valence-electron chi connectivity index (χ2n) is 18.4. The number of carbonyl (C=O) groups excluding carboxylic acids is 1. The van der Waals surface area contributed by atoms with E-state index in [0.29, 0.717) is 50.9 Å². The molecule has 0 aromatic heterocycles. The lowest BCUT2D eigenvalue weighted by Gasteiger charge is -2.40. The number of rotatable bonds is 12. The van der Waals surface area contributed by atoms with Crippen molar-refractivity contribution in [3.8, 4) is 11.5 Å². The molecule has 9 aromatic carbocycles. The molecule has 0 fully saturated rings. The van der Waals surface area contributed by atoms with E-state index in [1.807, 2.05) is 212 Å². The average Bonchev–Trinajstić information content (AvgIpc) is 3.66. The number of para-hydroxylation sites is 2. The molecule has 1 aliphatic carbocycles. The van der Waals surface area contributed by atoms with E-state index in [-0.39, 0.29) is 21.2 Å². The highest BCUT2D eigenvalue weighted by Gasteiger charge is 2.49. The second-order valence-corrected chi connectivity index (χ2v) is 20.5. The molecule has 12 rings (SSSR count). The van der Waals surface area contributed by atoms with Gasteiger partial charge in [0.2, 0.25) is 5.78 Å². The number of allylic oxidation sites excluding steroid dienone is 6. The van der Waals surface area contributed by atoms with Gasteiger partial charge in [0.1, 0.15) is 28.0 Å². The molecule has 0 saturated heterocycles. The van der Waals surface area contributed by atoms with Crippen LogP contribution in [0, 0.1) is 0 Å². The number of alkyl halides is 2. The summed E-state index contributed by atoms with van der Waals surface area (Å²) in [5, 5.41) is -0.558. The number of ether oxygens (including phenoxy) is 4. The molecule has 0 amide bonds. The van der Waals surface area contributed by atoms with Crippen LogP contribution in [0.3, 0.4) is 0 Å². The number of Topliss-reactive ketones (excluding diaryl/α,β-unsaturated/α-hetero) is 1. The first-order valence-electron chi connectivity index (χ1n) is 25.0. The molecule has 2 heterocycles. The SMILES string of the molecule is O=C1C(Cl)=C(Cl)C(Cl)(Cl)c2c1ccc(C1=C(c3ccccc3)C(c3ccccc3)=C(c3ccccc3)OC1Oc1ccccc1)c2C1=C(c2ccccc2)C(c2ccccc2)=C(c2ccccc2)OC1Oc1ccccc1. The molecule has 0 radical (unpaired) electrons. The predicted octanol–water partition coefficient (Wildman–Crippen LogP) is 18.0. The summed E-state index contributed by atoms with van der Waals surface area (Å²) < 4.78 is 27.3. The first-order valence-corrected chi connectivity index (χ1v) is 26.5. The Bertz CT molecular complexity index is 3820. The molecular formula is C68H44Cl4O5. The number of carbonyl (C=O) groups is 1. The largest absolute Gasteiger partial charge is 0.451 e.